The first-order valence-electron chi connectivity index (χ1n) is 6.81. The molecular formula is C15H21N3. The maximum Gasteiger partial charge on any atom is 0.0346 e. The van der Waals surface area contributed by atoms with E-state index in [1.807, 2.05) is 12.1 Å². The van der Waals surface area contributed by atoms with Crippen molar-refractivity contribution in [3.63, 3.8) is 0 Å². The van der Waals surface area contributed by atoms with Crippen LogP contribution in [0.4, 0.5) is 5.69 Å². The minimum atomic E-state index is 0.770. The number of rotatable bonds is 4. The number of hydrogen-bond donors (Lipinski definition) is 2. The van der Waals surface area contributed by atoms with Crippen LogP contribution >= 0.6 is 0 Å². The second-order valence-corrected chi connectivity index (χ2v) is 5.36. The normalized spacial score (nSPS) is 22.7. The number of anilines is 1. The van der Waals surface area contributed by atoms with Gasteiger partial charge in [-0.05, 0) is 42.8 Å². The van der Waals surface area contributed by atoms with Gasteiger partial charge in [-0.15, -0.1) is 0 Å². The molecule has 1 atom stereocenters. The molecule has 0 saturated carbocycles. The van der Waals surface area contributed by atoms with E-state index in [-0.39, 0.29) is 0 Å². The molecule has 1 saturated heterocycles. The first-order chi connectivity index (χ1) is 8.83. The van der Waals surface area contributed by atoms with Crippen molar-refractivity contribution in [3.05, 3.63) is 41.6 Å². The molecule has 2 aliphatic heterocycles. The molecular weight excluding hydrogens is 222 g/mol. The molecule has 18 heavy (non-hydrogen) atoms. The first-order valence-corrected chi connectivity index (χ1v) is 6.81. The molecule has 3 N–H and O–H groups in total. The van der Waals surface area contributed by atoms with Crippen molar-refractivity contribution in [1.29, 1.82) is 0 Å². The van der Waals surface area contributed by atoms with Gasteiger partial charge in [-0.2, -0.15) is 0 Å². The molecule has 1 aromatic rings. The molecule has 3 nitrogen and oxygen atoms in total. The molecule has 0 amide bonds. The Balaban J connectivity index is 1.47. The topological polar surface area (TPSA) is 41.3 Å². The average molecular weight is 243 g/mol. The molecule has 3 rings (SSSR count). The molecule has 2 heterocycles. The van der Waals surface area contributed by atoms with E-state index in [4.69, 9.17) is 5.73 Å². The molecule has 1 fully saturated rings. The van der Waals surface area contributed by atoms with Crippen LogP contribution in [0.2, 0.25) is 0 Å². The molecule has 0 radical (unpaired) electrons. The van der Waals surface area contributed by atoms with Crippen molar-refractivity contribution in [3.8, 4) is 0 Å². The van der Waals surface area contributed by atoms with Gasteiger partial charge >= 0.3 is 0 Å². The van der Waals surface area contributed by atoms with Gasteiger partial charge in [-0.3, -0.25) is 4.90 Å². The molecule has 0 aliphatic carbocycles. The van der Waals surface area contributed by atoms with Crippen molar-refractivity contribution in [2.45, 2.75) is 12.8 Å². The summed E-state index contributed by atoms with van der Waals surface area (Å²) in [6.07, 6.45) is 4.49. The Labute approximate surface area is 109 Å². The Morgan fingerprint density at radius 2 is 2.22 bits per heavy atom. The molecule has 3 heteroatoms. The first kappa shape index (κ1) is 11.6. The summed E-state index contributed by atoms with van der Waals surface area (Å²) in [4.78, 5) is 2.57. The second kappa shape index (κ2) is 5.02. The van der Waals surface area contributed by atoms with Gasteiger partial charge in [0.25, 0.3) is 0 Å². The highest BCUT2D eigenvalue weighted by molar-refractivity contribution is 5.46. The molecule has 96 valence electrons. The average Bonchev–Trinajstić information content (AvgIpc) is 2.92. The number of nitrogen functional groups attached to an aromatic ring is 1. The molecule has 0 bridgehead atoms. The van der Waals surface area contributed by atoms with Crippen LogP contribution in [0.3, 0.4) is 0 Å². The van der Waals surface area contributed by atoms with Gasteiger partial charge in [0.1, 0.15) is 0 Å². The van der Waals surface area contributed by atoms with Crippen molar-refractivity contribution in [1.82, 2.24) is 10.2 Å². The predicted molar refractivity (Wildman–Crippen MR) is 75.2 cm³/mol. The van der Waals surface area contributed by atoms with Gasteiger partial charge < -0.3 is 11.1 Å². The van der Waals surface area contributed by atoms with Gasteiger partial charge in [-0.1, -0.05) is 18.2 Å². The SMILES string of the molecule is Nc1ccccc1CCCN1CC2=CNCC2C1. The maximum absolute atomic E-state index is 5.96. The summed E-state index contributed by atoms with van der Waals surface area (Å²) < 4.78 is 0. The molecule has 0 spiro atoms. The van der Waals surface area contributed by atoms with Crippen molar-refractivity contribution in [2.24, 2.45) is 5.92 Å². The summed E-state index contributed by atoms with van der Waals surface area (Å²) in [5.74, 6) is 0.770. The molecule has 0 aromatic heterocycles. The van der Waals surface area contributed by atoms with Crippen LogP contribution in [0.25, 0.3) is 0 Å². The van der Waals surface area contributed by atoms with E-state index in [1.165, 1.54) is 25.1 Å². The van der Waals surface area contributed by atoms with Crippen LogP contribution in [-0.2, 0) is 6.42 Å². The maximum atomic E-state index is 5.96. The van der Waals surface area contributed by atoms with Crippen molar-refractivity contribution in [2.75, 3.05) is 31.9 Å². The van der Waals surface area contributed by atoms with E-state index < -0.39 is 0 Å². The van der Waals surface area contributed by atoms with E-state index in [1.54, 1.807) is 5.57 Å². The summed E-state index contributed by atoms with van der Waals surface area (Å²) in [5, 5.41) is 3.33. The summed E-state index contributed by atoms with van der Waals surface area (Å²) in [6.45, 7) is 4.70. The molecule has 1 aromatic carbocycles. The Morgan fingerprint density at radius 1 is 1.33 bits per heavy atom. The highest BCUT2D eigenvalue weighted by Crippen LogP contribution is 2.25. The Morgan fingerprint density at radius 3 is 3.06 bits per heavy atom. The lowest BCUT2D eigenvalue weighted by Gasteiger charge is -2.16. The number of likely N-dealkylation sites (tertiary alicyclic amines) is 1. The second-order valence-electron chi connectivity index (χ2n) is 5.36. The minimum absolute atomic E-state index is 0.770. The van der Waals surface area contributed by atoms with E-state index in [9.17, 15) is 0 Å². The number of benzene rings is 1. The highest BCUT2D eigenvalue weighted by Gasteiger charge is 2.29. The van der Waals surface area contributed by atoms with Crippen LogP contribution in [0.15, 0.2) is 36.0 Å². The fourth-order valence-corrected chi connectivity index (χ4v) is 3.00. The Kier molecular flexibility index (Phi) is 3.24. The number of nitrogens with two attached hydrogens (primary N) is 1. The summed E-state index contributed by atoms with van der Waals surface area (Å²) in [6, 6.07) is 8.20. The van der Waals surface area contributed by atoms with Crippen LogP contribution < -0.4 is 11.1 Å². The van der Waals surface area contributed by atoms with E-state index in [0.29, 0.717) is 0 Å². The van der Waals surface area contributed by atoms with Crippen LogP contribution in [0.5, 0.6) is 0 Å². The van der Waals surface area contributed by atoms with Crippen LogP contribution in [0, 0.1) is 5.92 Å². The lowest BCUT2D eigenvalue weighted by Crippen LogP contribution is -2.25. The smallest absolute Gasteiger partial charge is 0.0346 e. The zero-order chi connectivity index (χ0) is 12.4. The number of hydrogen-bond acceptors (Lipinski definition) is 3. The van der Waals surface area contributed by atoms with Crippen molar-refractivity contribution >= 4 is 5.69 Å². The van der Waals surface area contributed by atoms with E-state index in [2.05, 4.69) is 28.5 Å². The number of nitrogens with one attached hydrogen (secondary N) is 1. The third kappa shape index (κ3) is 2.36. The van der Waals surface area contributed by atoms with Gasteiger partial charge in [-0.25, -0.2) is 0 Å². The van der Waals surface area contributed by atoms with E-state index >= 15 is 0 Å². The Hall–Kier alpha value is -1.48. The quantitative estimate of drug-likeness (QED) is 0.790. The standard InChI is InChI=1S/C15H21N3/c16-15-6-2-1-4-12(15)5-3-7-18-10-13-8-17-9-14(13)11-18/h1-2,4,6,8,14,17H,3,5,7,9-11,16H2. The number of fused-ring (bicyclic) bond motifs is 1. The third-order valence-electron chi connectivity index (χ3n) is 4.04. The number of para-hydroxylation sites is 1. The summed E-state index contributed by atoms with van der Waals surface area (Å²) >= 11 is 0. The monoisotopic (exact) mass is 243 g/mol. The van der Waals surface area contributed by atoms with Crippen molar-refractivity contribution < 1.29 is 0 Å². The van der Waals surface area contributed by atoms with Gasteiger partial charge in [0.15, 0.2) is 0 Å². The lowest BCUT2D eigenvalue weighted by molar-refractivity contribution is 0.319. The highest BCUT2D eigenvalue weighted by atomic mass is 15.2. The van der Waals surface area contributed by atoms with E-state index in [0.717, 1.165) is 31.1 Å². The van der Waals surface area contributed by atoms with Gasteiger partial charge in [0, 0.05) is 31.2 Å². The largest absolute Gasteiger partial charge is 0.399 e. The predicted octanol–water partition coefficient (Wildman–Crippen LogP) is 1.62. The molecule has 1 unspecified atom stereocenters. The lowest BCUT2D eigenvalue weighted by atomic mass is 10.1. The van der Waals surface area contributed by atoms with Crippen LogP contribution in [0.1, 0.15) is 12.0 Å². The van der Waals surface area contributed by atoms with Gasteiger partial charge in [0.2, 0.25) is 0 Å². The number of nitrogens with zero attached hydrogens (tertiary/aromatic N) is 1. The zero-order valence-corrected chi connectivity index (χ0v) is 10.7. The third-order valence-corrected chi connectivity index (χ3v) is 4.04. The Bertz CT molecular complexity index is 453. The summed E-state index contributed by atoms with van der Waals surface area (Å²) in [7, 11) is 0. The molecule has 2 aliphatic rings. The minimum Gasteiger partial charge on any atom is -0.399 e. The zero-order valence-electron chi connectivity index (χ0n) is 10.7. The van der Waals surface area contributed by atoms with Crippen LogP contribution in [-0.4, -0.2) is 31.1 Å². The van der Waals surface area contributed by atoms with Gasteiger partial charge in [0.05, 0.1) is 0 Å². The summed E-state index contributed by atoms with van der Waals surface area (Å²) in [5.41, 5.74) is 9.77. The fourth-order valence-electron chi connectivity index (χ4n) is 3.00. The fraction of sp³-hybridized carbons (Fsp3) is 0.467. The number of aryl methyl sites for hydroxylation is 1.